The fourth-order valence-electron chi connectivity index (χ4n) is 2.61. The van der Waals surface area contributed by atoms with E-state index in [1.54, 1.807) is 0 Å². The summed E-state index contributed by atoms with van der Waals surface area (Å²) in [6.07, 6.45) is 4.61. The number of hydrogen-bond donors (Lipinski definition) is 2. The second-order valence-electron chi connectivity index (χ2n) is 5.08. The summed E-state index contributed by atoms with van der Waals surface area (Å²) in [5.74, 6) is 1.56. The van der Waals surface area contributed by atoms with Gasteiger partial charge in [0.15, 0.2) is 0 Å². The summed E-state index contributed by atoms with van der Waals surface area (Å²) >= 11 is 9.22. The molecule has 0 N–H and O–H groups in total. The van der Waals surface area contributed by atoms with Crippen molar-refractivity contribution >= 4 is 36.1 Å². The fourth-order valence-corrected chi connectivity index (χ4v) is 5.58. The highest BCUT2D eigenvalue weighted by molar-refractivity contribution is 8.21. The van der Waals surface area contributed by atoms with Crippen molar-refractivity contribution in [3.05, 3.63) is 0 Å². The zero-order valence-electron chi connectivity index (χ0n) is 12.9. The Kier molecular flexibility index (Phi) is 9.34. The summed E-state index contributed by atoms with van der Waals surface area (Å²) < 4.78 is 17.6. The van der Waals surface area contributed by atoms with Crippen LogP contribution in [0.25, 0.3) is 0 Å². The van der Waals surface area contributed by atoms with Crippen LogP contribution in [0.3, 0.4) is 0 Å². The van der Waals surface area contributed by atoms with Crippen LogP contribution in [0.2, 0.25) is 0 Å². The third-order valence-corrected chi connectivity index (χ3v) is 7.50. The van der Waals surface area contributed by atoms with E-state index in [9.17, 15) is 0 Å². The minimum Gasteiger partial charge on any atom is -0.293 e. The maximum atomic E-state index is 5.85. The lowest BCUT2D eigenvalue weighted by Gasteiger charge is -2.39. The molecule has 0 aromatic rings. The monoisotopic (exact) mass is 342 g/mol. The van der Waals surface area contributed by atoms with Gasteiger partial charge in [0.25, 0.3) is 0 Å². The van der Waals surface area contributed by atoms with E-state index < -0.39 is 10.9 Å². The third kappa shape index (κ3) is 5.97. The summed E-state index contributed by atoms with van der Waals surface area (Å²) in [5.41, 5.74) is 0. The SMILES string of the molecule is CCOS(CCC1CCC(S)C(S)C1)(OCC)OCC. The van der Waals surface area contributed by atoms with Gasteiger partial charge in [0, 0.05) is 16.3 Å². The van der Waals surface area contributed by atoms with Gasteiger partial charge in [-0.1, -0.05) is 0 Å². The van der Waals surface area contributed by atoms with Gasteiger partial charge in [-0.3, -0.25) is 12.5 Å². The largest absolute Gasteiger partial charge is 0.293 e. The van der Waals surface area contributed by atoms with Gasteiger partial charge in [-0.25, -0.2) is 0 Å². The smallest absolute Gasteiger partial charge is 0.0887 e. The van der Waals surface area contributed by atoms with Gasteiger partial charge in [-0.05, 0) is 52.4 Å². The van der Waals surface area contributed by atoms with Crippen LogP contribution in [-0.2, 0) is 12.5 Å². The van der Waals surface area contributed by atoms with Crippen LogP contribution in [-0.4, -0.2) is 36.1 Å². The van der Waals surface area contributed by atoms with Gasteiger partial charge in [0.2, 0.25) is 0 Å². The van der Waals surface area contributed by atoms with Crippen molar-refractivity contribution in [3.63, 3.8) is 0 Å². The zero-order valence-corrected chi connectivity index (χ0v) is 15.5. The maximum absolute atomic E-state index is 5.85. The first-order valence-electron chi connectivity index (χ1n) is 7.67. The number of thiol groups is 2. The lowest BCUT2D eigenvalue weighted by Crippen LogP contribution is -2.27. The molecule has 6 heteroatoms. The molecular formula is C14H30O3S3. The average Bonchev–Trinajstić information content (AvgIpc) is 2.41. The lowest BCUT2D eigenvalue weighted by molar-refractivity contribution is 0.183. The first-order chi connectivity index (χ1) is 9.56. The molecule has 1 aliphatic carbocycles. The van der Waals surface area contributed by atoms with Gasteiger partial charge >= 0.3 is 0 Å². The molecule has 0 bridgehead atoms. The van der Waals surface area contributed by atoms with Gasteiger partial charge < -0.3 is 0 Å². The van der Waals surface area contributed by atoms with Gasteiger partial charge in [-0.15, -0.1) is 0 Å². The van der Waals surface area contributed by atoms with Gasteiger partial charge in [0.1, 0.15) is 0 Å². The molecule has 0 amide bonds. The molecule has 0 aliphatic heterocycles. The van der Waals surface area contributed by atoms with Crippen LogP contribution < -0.4 is 0 Å². The van der Waals surface area contributed by atoms with E-state index >= 15 is 0 Å². The minimum absolute atomic E-state index is 0.410. The highest BCUT2D eigenvalue weighted by atomic mass is 32.3. The Morgan fingerprint density at radius 3 is 1.90 bits per heavy atom. The molecule has 3 atom stereocenters. The van der Waals surface area contributed by atoms with Crippen molar-refractivity contribution in [3.8, 4) is 0 Å². The van der Waals surface area contributed by atoms with Crippen molar-refractivity contribution in [2.24, 2.45) is 5.92 Å². The van der Waals surface area contributed by atoms with E-state index in [2.05, 4.69) is 25.3 Å². The molecule has 3 nitrogen and oxygen atoms in total. The molecule has 1 saturated carbocycles. The molecule has 1 fully saturated rings. The molecule has 122 valence electrons. The molecule has 3 unspecified atom stereocenters. The van der Waals surface area contributed by atoms with Crippen LogP contribution in [0.15, 0.2) is 0 Å². The van der Waals surface area contributed by atoms with Gasteiger partial charge in [0.05, 0.1) is 30.7 Å². The van der Waals surface area contributed by atoms with Crippen molar-refractivity contribution in [2.75, 3.05) is 25.6 Å². The first-order valence-corrected chi connectivity index (χ1v) is 10.3. The Hall–Kier alpha value is 0.930. The Bertz CT molecular complexity index is 249. The Balaban J connectivity index is 2.52. The van der Waals surface area contributed by atoms with Crippen LogP contribution in [0.5, 0.6) is 0 Å². The topological polar surface area (TPSA) is 27.7 Å². The number of hydrogen-bond acceptors (Lipinski definition) is 5. The average molecular weight is 343 g/mol. The predicted molar refractivity (Wildman–Crippen MR) is 94.8 cm³/mol. The van der Waals surface area contributed by atoms with Crippen molar-refractivity contribution in [1.29, 1.82) is 0 Å². The van der Waals surface area contributed by atoms with Crippen molar-refractivity contribution in [1.82, 2.24) is 0 Å². The maximum Gasteiger partial charge on any atom is 0.0887 e. The van der Waals surface area contributed by atoms with Crippen molar-refractivity contribution in [2.45, 2.75) is 57.0 Å². The van der Waals surface area contributed by atoms with E-state index in [1.807, 2.05) is 20.8 Å². The summed E-state index contributed by atoms with van der Waals surface area (Å²) in [6, 6.07) is 0. The normalized spacial score (nSPS) is 28.6. The van der Waals surface area contributed by atoms with Crippen LogP contribution in [0, 0.1) is 5.92 Å². The van der Waals surface area contributed by atoms with E-state index in [-0.39, 0.29) is 0 Å². The molecule has 0 heterocycles. The van der Waals surface area contributed by atoms with Crippen LogP contribution in [0.4, 0.5) is 0 Å². The van der Waals surface area contributed by atoms with E-state index in [1.165, 1.54) is 6.42 Å². The van der Waals surface area contributed by atoms with E-state index in [4.69, 9.17) is 12.5 Å². The van der Waals surface area contributed by atoms with E-state index in [0.717, 1.165) is 25.0 Å². The summed E-state index contributed by atoms with van der Waals surface area (Å²) in [7, 11) is -1.82. The number of rotatable bonds is 9. The molecule has 20 heavy (non-hydrogen) atoms. The molecule has 0 aromatic carbocycles. The Morgan fingerprint density at radius 1 is 0.900 bits per heavy atom. The lowest BCUT2D eigenvalue weighted by atomic mass is 9.87. The second-order valence-corrected chi connectivity index (χ2v) is 8.64. The fraction of sp³-hybridized carbons (Fsp3) is 1.00. The summed E-state index contributed by atoms with van der Waals surface area (Å²) in [6.45, 7) is 7.89. The molecule has 0 aromatic heterocycles. The summed E-state index contributed by atoms with van der Waals surface area (Å²) in [4.78, 5) is 0. The van der Waals surface area contributed by atoms with Crippen molar-refractivity contribution < 1.29 is 12.5 Å². The molecule has 0 radical (unpaired) electrons. The quantitative estimate of drug-likeness (QED) is 0.607. The summed E-state index contributed by atoms with van der Waals surface area (Å²) in [5, 5.41) is 0.852. The van der Waals surface area contributed by atoms with E-state index in [0.29, 0.717) is 36.2 Å². The van der Waals surface area contributed by atoms with Crippen LogP contribution >= 0.6 is 36.1 Å². The van der Waals surface area contributed by atoms with Gasteiger partial charge in [-0.2, -0.15) is 25.3 Å². The Morgan fingerprint density at radius 2 is 1.45 bits per heavy atom. The molecular weight excluding hydrogens is 312 g/mol. The van der Waals surface area contributed by atoms with Crippen LogP contribution in [0.1, 0.15) is 46.5 Å². The highest BCUT2D eigenvalue weighted by Gasteiger charge is 2.31. The standard InChI is InChI=1S/C14H30O3S3/c1-4-15-20(16-5-2,17-6-3)10-9-12-7-8-13(18)14(19)11-12/h12-14,18-19H,4-11H2,1-3H3. The molecule has 0 saturated heterocycles. The highest BCUT2D eigenvalue weighted by Crippen LogP contribution is 2.53. The zero-order chi connectivity index (χ0) is 15.0. The molecule has 1 rings (SSSR count). The first kappa shape index (κ1) is 19.0. The minimum atomic E-state index is -1.82. The molecule has 1 aliphatic rings. The molecule has 0 spiro atoms. The Labute approximate surface area is 137 Å². The predicted octanol–water partition coefficient (Wildman–Crippen LogP) is 4.43. The second kappa shape index (κ2) is 9.85. The third-order valence-electron chi connectivity index (χ3n) is 3.56.